The van der Waals surface area contributed by atoms with Gasteiger partial charge < -0.3 is 5.32 Å². The smallest absolute Gasteiger partial charge is 0.326 e. The number of benzene rings is 2. The zero-order valence-corrected chi connectivity index (χ0v) is 16.3. The second kappa shape index (κ2) is 8.54. The van der Waals surface area contributed by atoms with E-state index in [1.54, 1.807) is 18.2 Å². The maximum absolute atomic E-state index is 13.0. The molecule has 1 aliphatic heterocycles. The molecule has 1 unspecified atom stereocenters. The average molecular weight is 426 g/mol. The molecule has 1 saturated heterocycles. The lowest BCUT2D eigenvalue weighted by molar-refractivity contribution is -0.137. The molecule has 3 rings (SSSR count). The van der Waals surface area contributed by atoms with Crippen molar-refractivity contribution in [2.75, 3.05) is 11.9 Å². The summed E-state index contributed by atoms with van der Waals surface area (Å²) in [6.45, 7) is 0.304. The molecule has 1 aliphatic rings. The number of amides is 1. The number of alkyl halides is 3. The molecule has 1 N–H and O–H groups in total. The van der Waals surface area contributed by atoms with E-state index in [0.29, 0.717) is 19.4 Å². The van der Waals surface area contributed by atoms with Gasteiger partial charge in [-0.2, -0.15) is 17.5 Å². The summed E-state index contributed by atoms with van der Waals surface area (Å²) in [5.41, 5.74) is -0.834. The molecule has 5 nitrogen and oxygen atoms in total. The van der Waals surface area contributed by atoms with Gasteiger partial charge in [-0.15, -0.1) is 0 Å². The van der Waals surface area contributed by atoms with Gasteiger partial charge in [0.15, 0.2) is 0 Å². The minimum atomic E-state index is -4.51. The average Bonchev–Trinajstić information content (AvgIpc) is 2.68. The second-order valence-corrected chi connectivity index (χ2v) is 8.80. The molecule has 2 aromatic rings. The van der Waals surface area contributed by atoms with Gasteiger partial charge in [-0.05, 0) is 43.2 Å². The Balaban J connectivity index is 1.73. The molecular formula is C20H21F3N2O3S. The van der Waals surface area contributed by atoms with Gasteiger partial charge >= 0.3 is 6.18 Å². The molecule has 9 heteroatoms. The van der Waals surface area contributed by atoms with Crippen molar-refractivity contribution in [3.8, 4) is 0 Å². The number of anilines is 1. The van der Waals surface area contributed by atoms with Crippen molar-refractivity contribution in [3.63, 3.8) is 0 Å². The van der Waals surface area contributed by atoms with E-state index in [-0.39, 0.29) is 17.0 Å². The van der Waals surface area contributed by atoms with Crippen LogP contribution in [0.2, 0.25) is 0 Å². The van der Waals surface area contributed by atoms with Crippen LogP contribution in [0, 0.1) is 0 Å². The Labute approximate surface area is 167 Å². The monoisotopic (exact) mass is 426 g/mol. The number of carbonyl (C=O) groups excluding carboxylic acids is 1. The van der Waals surface area contributed by atoms with Crippen LogP contribution in [-0.2, 0) is 21.0 Å². The van der Waals surface area contributed by atoms with Crippen molar-refractivity contribution in [3.05, 3.63) is 60.2 Å². The van der Waals surface area contributed by atoms with Gasteiger partial charge in [0.05, 0.1) is 10.5 Å². The Morgan fingerprint density at radius 1 is 1.07 bits per heavy atom. The van der Waals surface area contributed by atoms with Crippen molar-refractivity contribution in [1.29, 1.82) is 0 Å². The summed E-state index contributed by atoms with van der Waals surface area (Å²) in [5.74, 6) is -0.524. The Bertz CT molecular complexity index is 962. The van der Waals surface area contributed by atoms with Gasteiger partial charge in [0, 0.05) is 24.7 Å². The Morgan fingerprint density at radius 3 is 2.48 bits per heavy atom. The van der Waals surface area contributed by atoms with E-state index in [1.807, 2.05) is 0 Å². The quantitative estimate of drug-likeness (QED) is 0.776. The van der Waals surface area contributed by atoms with Gasteiger partial charge in [-0.3, -0.25) is 4.79 Å². The summed E-state index contributed by atoms with van der Waals surface area (Å²) < 4.78 is 65.8. The van der Waals surface area contributed by atoms with Crippen LogP contribution in [0.4, 0.5) is 18.9 Å². The van der Waals surface area contributed by atoms with Crippen molar-refractivity contribution in [2.45, 2.75) is 42.8 Å². The molecule has 1 heterocycles. The third-order valence-corrected chi connectivity index (χ3v) is 6.78. The van der Waals surface area contributed by atoms with Gasteiger partial charge in [0.2, 0.25) is 15.9 Å². The van der Waals surface area contributed by atoms with Gasteiger partial charge in [-0.1, -0.05) is 30.7 Å². The first kappa shape index (κ1) is 21.3. The standard InChI is InChI=1S/C20H21F3N2O3S/c21-20(22,23)15-7-6-8-16(13-15)24-19(26)14-17-9-4-5-12-25(17)29(27,28)18-10-2-1-3-11-18/h1-3,6-8,10-11,13,17H,4-5,9,12,14H2,(H,24,26). The highest BCUT2D eigenvalue weighted by Crippen LogP contribution is 2.31. The van der Waals surface area contributed by atoms with Crippen molar-refractivity contribution < 1.29 is 26.4 Å². The first-order chi connectivity index (χ1) is 13.7. The van der Waals surface area contributed by atoms with Crippen molar-refractivity contribution >= 4 is 21.6 Å². The Hall–Kier alpha value is -2.39. The van der Waals surface area contributed by atoms with Gasteiger partial charge in [0.25, 0.3) is 0 Å². The highest BCUT2D eigenvalue weighted by Gasteiger charge is 2.35. The third-order valence-electron chi connectivity index (χ3n) is 4.82. The predicted octanol–water partition coefficient (Wildman–Crippen LogP) is 4.28. The van der Waals surface area contributed by atoms with E-state index in [1.165, 1.54) is 28.6 Å². The van der Waals surface area contributed by atoms with Crippen LogP contribution in [0.25, 0.3) is 0 Å². The van der Waals surface area contributed by atoms with Crippen molar-refractivity contribution in [2.24, 2.45) is 0 Å². The first-order valence-electron chi connectivity index (χ1n) is 9.22. The normalized spacial score (nSPS) is 18.4. The summed E-state index contributed by atoms with van der Waals surface area (Å²) in [6, 6.07) is 11.8. The van der Waals surface area contributed by atoms with E-state index >= 15 is 0 Å². The SMILES string of the molecule is O=C(CC1CCCCN1S(=O)(=O)c1ccccc1)Nc1cccc(C(F)(F)F)c1. The van der Waals surface area contributed by atoms with Gasteiger partial charge in [0.1, 0.15) is 0 Å². The van der Waals surface area contributed by atoms with E-state index in [4.69, 9.17) is 0 Å². The fourth-order valence-electron chi connectivity index (χ4n) is 3.42. The zero-order valence-electron chi connectivity index (χ0n) is 15.5. The molecular weight excluding hydrogens is 405 g/mol. The summed E-state index contributed by atoms with van der Waals surface area (Å²) in [4.78, 5) is 12.6. The number of carbonyl (C=O) groups is 1. The number of halogens is 3. The van der Waals surface area contributed by atoms with Crippen LogP contribution in [-0.4, -0.2) is 31.2 Å². The summed E-state index contributed by atoms with van der Waals surface area (Å²) in [5, 5.41) is 2.45. The number of hydrogen-bond donors (Lipinski definition) is 1. The Morgan fingerprint density at radius 2 is 1.79 bits per heavy atom. The lowest BCUT2D eigenvalue weighted by atomic mass is 10.0. The minimum absolute atomic E-state index is 0.0260. The maximum atomic E-state index is 13.0. The second-order valence-electron chi connectivity index (χ2n) is 6.91. The fourth-order valence-corrected chi connectivity index (χ4v) is 5.14. The van der Waals surface area contributed by atoms with E-state index < -0.39 is 33.7 Å². The molecule has 0 radical (unpaired) electrons. The molecule has 1 fully saturated rings. The van der Waals surface area contributed by atoms with Crippen molar-refractivity contribution in [1.82, 2.24) is 4.31 Å². The molecule has 0 bridgehead atoms. The molecule has 0 aromatic heterocycles. The number of sulfonamides is 1. The van der Waals surface area contributed by atoms with E-state index in [0.717, 1.165) is 18.6 Å². The van der Waals surface area contributed by atoms with Crippen LogP contribution < -0.4 is 5.32 Å². The lowest BCUT2D eigenvalue weighted by Gasteiger charge is -2.34. The van der Waals surface area contributed by atoms with E-state index in [2.05, 4.69) is 5.32 Å². The molecule has 1 amide bonds. The molecule has 156 valence electrons. The lowest BCUT2D eigenvalue weighted by Crippen LogP contribution is -2.45. The highest BCUT2D eigenvalue weighted by molar-refractivity contribution is 7.89. The number of rotatable bonds is 5. The maximum Gasteiger partial charge on any atom is 0.416 e. The number of piperidine rings is 1. The summed E-state index contributed by atoms with van der Waals surface area (Å²) in [7, 11) is -3.75. The van der Waals surface area contributed by atoms with Crippen LogP contribution in [0.1, 0.15) is 31.2 Å². The summed E-state index contributed by atoms with van der Waals surface area (Å²) >= 11 is 0. The fraction of sp³-hybridized carbons (Fsp3) is 0.350. The van der Waals surface area contributed by atoms with Crippen LogP contribution in [0.3, 0.4) is 0 Å². The van der Waals surface area contributed by atoms with Crippen LogP contribution in [0.15, 0.2) is 59.5 Å². The number of nitrogens with one attached hydrogen (secondary N) is 1. The highest BCUT2D eigenvalue weighted by atomic mass is 32.2. The number of nitrogens with zero attached hydrogens (tertiary/aromatic N) is 1. The molecule has 1 atom stereocenters. The molecule has 0 saturated carbocycles. The zero-order chi connectivity index (χ0) is 21.1. The number of hydrogen-bond acceptors (Lipinski definition) is 3. The topological polar surface area (TPSA) is 66.5 Å². The molecule has 2 aromatic carbocycles. The molecule has 0 spiro atoms. The predicted molar refractivity (Wildman–Crippen MR) is 103 cm³/mol. The minimum Gasteiger partial charge on any atom is -0.326 e. The largest absolute Gasteiger partial charge is 0.416 e. The molecule has 0 aliphatic carbocycles. The molecule has 29 heavy (non-hydrogen) atoms. The van der Waals surface area contributed by atoms with E-state index in [9.17, 15) is 26.4 Å². The first-order valence-corrected chi connectivity index (χ1v) is 10.7. The third kappa shape index (κ3) is 5.16. The van der Waals surface area contributed by atoms with Crippen LogP contribution >= 0.6 is 0 Å². The van der Waals surface area contributed by atoms with Gasteiger partial charge in [-0.25, -0.2) is 8.42 Å². The van der Waals surface area contributed by atoms with Crippen LogP contribution in [0.5, 0.6) is 0 Å². The summed E-state index contributed by atoms with van der Waals surface area (Å²) in [6.07, 6.45) is -2.64. The Kier molecular flexibility index (Phi) is 6.28.